The second-order valence-electron chi connectivity index (χ2n) is 3.08. The maximum absolute atomic E-state index is 11.5. The van der Waals surface area contributed by atoms with Crippen molar-refractivity contribution in [3.05, 3.63) is 29.3 Å². The molecule has 0 atom stereocenters. The first-order chi connectivity index (χ1) is 7.22. The second-order valence-corrected chi connectivity index (χ2v) is 3.08. The van der Waals surface area contributed by atoms with E-state index in [1.54, 1.807) is 32.4 Å². The minimum atomic E-state index is -0.0929. The minimum absolute atomic E-state index is 0.00302. The maximum Gasteiger partial charge on any atom is 0.176 e. The minimum Gasteiger partial charge on any atom is -0.497 e. The van der Waals surface area contributed by atoms with Crippen LogP contribution in [0.4, 0.5) is 0 Å². The number of ketones is 1. The molecule has 2 N–H and O–H groups in total. The molecule has 0 aliphatic rings. The molecule has 0 heterocycles. The van der Waals surface area contributed by atoms with Gasteiger partial charge in [-0.15, -0.1) is 0 Å². The molecule has 0 radical (unpaired) electrons. The normalized spacial score (nSPS) is 10.1. The number of hydrogen-bond donors (Lipinski definition) is 1. The highest BCUT2D eigenvalue weighted by Gasteiger charge is 2.10. The molecule has 0 aliphatic carbocycles. The standard InChI is InChI=1S/C11H15NO3/c1-14-7-8-5-9(15-2)3-4-10(8)11(13)6-12/h3-5H,6-7,12H2,1-2H3. The molecule has 0 amide bonds. The average Bonchev–Trinajstić information content (AvgIpc) is 2.28. The van der Waals surface area contributed by atoms with Crippen LogP contribution < -0.4 is 10.5 Å². The predicted molar refractivity (Wildman–Crippen MR) is 57.1 cm³/mol. The fourth-order valence-corrected chi connectivity index (χ4v) is 1.35. The van der Waals surface area contributed by atoms with Gasteiger partial charge in [0.05, 0.1) is 20.3 Å². The van der Waals surface area contributed by atoms with Crippen molar-refractivity contribution in [2.24, 2.45) is 5.73 Å². The fraction of sp³-hybridized carbons (Fsp3) is 0.364. The van der Waals surface area contributed by atoms with Crippen LogP contribution in [0.2, 0.25) is 0 Å². The Balaban J connectivity index is 3.08. The molecule has 0 fully saturated rings. The van der Waals surface area contributed by atoms with Gasteiger partial charge in [0.15, 0.2) is 5.78 Å². The third-order valence-electron chi connectivity index (χ3n) is 2.10. The smallest absolute Gasteiger partial charge is 0.176 e. The van der Waals surface area contributed by atoms with Gasteiger partial charge in [-0.2, -0.15) is 0 Å². The molecule has 4 heteroatoms. The Hall–Kier alpha value is -1.39. The van der Waals surface area contributed by atoms with Gasteiger partial charge >= 0.3 is 0 Å². The summed E-state index contributed by atoms with van der Waals surface area (Å²) in [7, 11) is 3.16. The lowest BCUT2D eigenvalue weighted by molar-refractivity contribution is 0.0996. The molecule has 0 saturated heterocycles. The highest BCUT2D eigenvalue weighted by molar-refractivity contribution is 5.98. The molecule has 15 heavy (non-hydrogen) atoms. The van der Waals surface area contributed by atoms with Crippen LogP contribution >= 0.6 is 0 Å². The lowest BCUT2D eigenvalue weighted by atomic mass is 10.0. The van der Waals surface area contributed by atoms with E-state index in [0.717, 1.165) is 5.56 Å². The number of carbonyl (C=O) groups is 1. The van der Waals surface area contributed by atoms with Gasteiger partial charge in [-0.3, -0.25) is 4.79 Å². The molecular weight excluding hydrogens is 194 g/mol. The van der Waals surface area contributed by atoms with Crippen LogP contribution in [0.1, 0.15) is 15.9 Å². The Morgan fingerprint density at radius 3 is 2.67 bits per heavy atom. The molecule has 0 unspecified atom stereocenters. The van der Waals surface area contributed by atoms with E-state index in [-0.39, 0.29) is 12.3 Å². The van der Waals surface area contributed by atoms with Crippen molar-refractivity contribution < 1.29 is 14.3 Å². The Morgan fingerprint density at radius 1 is 1.40 bits per heavy atom. The fourth-order valence-electron chi connectivity index (χ4n) is 1.35. The molecule has 0 saturated carbocycles. The van der Waals surface area contributed by atoms with Gasteiger partial charge < -0.3 is 15.2 Å². The summed E-state index contributed by atoms with van der Waals surface area (Å²) in [5, 5.41) is 0. The van der Waals surface area contributed by atoms with Gasteiger partial charge in [-0.1, -0.05) is 0 Å². The maximum atomic E-state index is 11.5. The van der Waals surface area contributed by atoms with Crippen LogP contribution in [-0.4, -0.2) is 26.5 Å². The van der Waals surface area contributed by atoms with Crippen LogP contribution in [0.25, 0.3) is 0 Å². The van der Waals surface area contributed by atoms with E-state index in [4.69, 9.17) is 15.2 Å². The van der Waals surface area contributed by atoms with Gasteiger partial charge in [-0.25, -0.2) is 0 Å². The van der Waals surface area contributed by atoms with Gasteiger partial charge in [-0.05, 0) is 23.8 Å². The van der Waals surface area contributed by atoms with Crippen molar-refractivity contribution in [3.8, 4) is 5.75 Å². The van der Waals surface area contributed by atoms with Crippen LogP contribution in [-0.2, 0) is 11.3 Å². The molecule has 0 aromatic heterocycles. The number of nitrogens with two attached hydrogens (primary N) is 1. The van der Waals surface area contributed by atoms with Crippen LogP contribution in [0.15, 0.2) is 18.2 Å². The first kappa shape index (κ1) is 11.7. The second kappa shape index (κ2) is 5.48. The summed E-state index contributed by atoms with van der Waals surface area (Å²) >= 11 is 0. The number of Topliss-reactive ketones (excluding diaryl/α,β-unsaturated/α-hetero) is 1. The molecule has 1 rings (SSSR count). The van der Waals surface area contributed by atoms with E-state index >= 15 is 0 Å². The average molecular weight is 209 g/mol. The van der Waals surface area contributed by atoms with Crippen molar-refractivity contribution in [1.82, 2.24) is 0 Å². The zero-order valence-electron chi connectivity index (χ0n) is 8.95. The molecule has 82 valence electrons. The van der Waals surface area contributed by atoms with Crippen LogP contribution in [0, 0.1) is 0 Å². The van der Waals surface area contributed by atoms with E-state index in [1.807, 2.05) is 0 Å². The Labute approximate surface area is 89.0 Å². The number of ether oxygens (including phenoxy) is 2. The van der Waals surface area contributed by atoms with E-state index in [9.17, 15) is 4.79 Å². The molecule has 4 nitrogen and oxygen atoms in total. The summed E-state index contributed by atoms with van der Waals surface area (Å²) in [6.07, 6.45) is 0. The third-order valence-corrected chi connectivity index (χ3v) is 2.10. The quantitative estimate of drug-likeness (QED) is 0.734. The summed E-state index contributed by atoms with van der Waals surface area (Å²) in [6.45, 7) is 0.376. The topological polar surface area (TPSA) is 61.5 Å². The van der Waals surface area contributed by atoms with Crippen molar-refractivity contribution in [1.29, 1.82) is 0 Å². The van der Waals surface area contributed by atoms with Gasteiger partial charge in [0, 0.05) is 12.7 Å². The Morgan fingerprint density at radius 2 is 2.13 bits per heavy atom. The largest absolute Gasteiger partial charge is 0.497 e. The van der Waals surface area contributed by atoms with Crippen molar-refractivity contribution in [2.75, 3.05) is 20.8 Å². The van der Waals surface area contributed by atoms with Crippen LogP contribution in [0.5, 0.6) is 5.75 Å². The van der Waals surface area contributed by atoms with Gasteiger partial charge in [0.25, 0.3) is 0 Å². The highest BCUT2D eigenvalue weighted by Crippen LogP contribution is 2.18. The molecule has 0 aliphatic heterocycles. The number of methoxy groups -OCH3 is 2. The number of rotatable bonds is 5. The number of hydrogen-bond acceptors (Lipinski definition) is 4. The highest BCUT2D eigenvalue weighted by atomic mass is 16.5. The summed E-state index contributed by atoms with van der Waals surface area (Å²) in [4.78, 5) is 11.5. The predicted octanol–water partition coefficient (Wildman–Crippen LogP) is 0.983. The molecule has 1 aromatic rings. The van der Waals surface area contributed by atoms with Gasteiger partial charge in [0.2, 0.25) is 0 Å². The van der Waals surface area contributed by atoms with E-state index < -0.39 is 0 Å². The van der Waals surface area contributed by atoms with Crippen molar-refractivity contribution in [2.45, 2.75) is 6.61 Å². The lowest BCUT2D eigenvalue weighted by Gasteiger charge is -2.09. The van der Waals surface area contributed by atoms with E-state index in [2.05, 4.69) is 0 Å². The first-order valence-electron chi connectivity index (χ1n) is 4.62. The Bertz CT molecular complexity index is 350. The zero-order valence-corrected chi connectivity index (χ0v) is 8.95. The van der Waals surface area contributed by atoms with Crippen molar-refractivity contribution >= 4 is 5.78 Å². The van der Waals surface area contributed by atoms with E-state index in [0.29, 0.717) is 17.9 Å². The van der Waals surface area contributed by atoms with Crippen LogP contribution in [0.3, 0.4) is 0 Å². The Kier molecular flexibility index (Phi) is 4.27. The van der Waals surface area contributed by atoms with Crippen molar-refractivity contribution in [3.63, 3.8) is 0 Å². The summed E-state index contributed by atoms with van der Waals surface area (Å²) in [6, 6.07) is 5.23. The number of carbonyl (C=O) groups excluding carboxylic acids is 1. The van der Waals surface area contributed by atoms with Gasteiger partial charge in [0.1, 0.15) is 5.75 Å². The van der Waals surface area contributed by atoms with E-state index in [1.165, 1.54) is 0 Å². The first-order valence-corrected chi connectivity index (χ1v) is 4.62. The molecule has 0 spiro atoms. The molecule has 0 bridgehead atoms. The SMILES string of the molecule is COCc1cc(OC)ccc1C(=O)CN. The number of benzene rings is 1. The lowest BCUT2D eigenvalue weighted by Crippen LogP contribution is -2.15. The summed E-state index contributed by atoms with van der Waals surface area (Å²) < 4.78 is 10.1. The summed E-state index contributed by atoms with van der Waals surface area (Å²) in [5.41, 5.74) is 6.71. The monoisotopic (exact) mass is 209 g/mol. The zero-order chi connectivity index (χ0) is 11.3. The molecular formula is C11H15NO3. The summed E-state index contributed by atoms with van der Waals surface area (Å²) in [5.74, 6) is 0.611. The molecule has 1 aromatic carbocycles. The third kappa shape index (κ3) is 2.78.